The highest BCUT2D eigenvalue weighted by Crippen LogP contribution is 2.44. The summed E-state index contributed by atoms with van der Waals surface area (Å²) in [5.74, 6) is 0.488. The van der Waals surface area contributed by atoms with Gasteiger partial charge in [0.25, 0.3) is 0 Å². The smallest absolute Gasteiger partial charge is 0.223 e. The normalized spacial score (nSPS) is 33.5. The molecular formula is C12H22N2O. The Hall–Kier alpha value is -0.570. The molecule has 2 aliphatic carbocycles. The Balaban J connectivity index is 1.71. The molecule has 3 heteroatoms. The van der Waals surface area contributed by atoms with E-state index in [-0.39, 0.29) is 11.8 Å². The lowest BCUT2D eigenvalue weighted by Gasteiger charge is -2.25. The van der Waals surface area contributed by atoms with Crippen molar-refractivity contribution in [1.82, 2.24) is 5.32 Å². The van der Waals surface area contributed by atoms with Crippen molar-refractivity contribution in [2.24, 2.45) is 17.1 Å². The molecule has 0 spiro atoms. The van der Waals surface area contributed by atoms with Gasteiger partial charge in [-0.15, -0.1) is 0 Å². The maximum absolute atomic E-state index is 11.8. The number of carbonyl (C=O) groups is 1. The number of carbonyl (C=O) groups excluding carboxylic acids is 1. The molecule has 0 radical (unpaired) electrons. The van der Waals surface area contributed by atoms with Gasteiger partial charge in [-0.25, -0.2) is 0 Å². The molecule has 2 rings (SSSR count). The zero-order valence-corrected chi connectivity index (χ0v) is 9.59. The molecule has 15 heavy (non-hydrogen) atoms. The van der Waals surface area contributed by atoms with Crippen LogP contribution in [0.4, 0.5) is 0 Å². The van der Waals surface area contributed by atoms with Gasteiger partial charge in [0.2, 0.25) is 5.91 Å². The van der Waals surface area contributed by atoms with Gasteiger partial charge in [0.15, 0.2) is 0 Å². The lowest BCUT2D eigenvalue weighted by atomic mass is 9.86. The molecule has 1 amide bonds. The van der Waals surface area contributed by atoms with Crippen LogP contribution in [-0.2, 0) is 4.79 Å². The lowest BCUT2D eigenvalue weighted by Crippen LogP contribution is -2.38. The number of hydrogen-bond donors (Lipinski definition) is 2. The fourth-order valence-electron chi connectivity index (χ4n) is 2.22. The van der Waals surface area contributed by atoms with Crippen molar-refractivity contribution >= 4 is 5.91 Å². The Morgan fingerprint density at radius 2 is 1.93 bits per heavy atom. The summed E-state index contributed by atoms with van der Waals surface area (Å²) in [6, 6.07) is 0.329. The first kappa shape index (κ1) is 10.9. The summed E-state index contributed by atoms with van der Waals surface area (Å²) in [4.78, 5) is 11.8. The number of rotatable bonds is 3. The summed E-state index contributed by atoms with van der Waals surface area (Å²) in [6.07, 6.45) is 6.50. The first-order valence-corrected chi connectivity index (χ1v) is 6.12. The van der Waals surface area contributed by atoms with Crippen molar-refractivity contribution < 1.29 is 4.79 Å². The largest absolute Gasteiger partial charge is 0.355 e. The van der Waals surface area contributed by atoms with Crippen LogP contribution in [0.25, 0.3) is 0 Å². The molecule has 0 saturated heterocycles. The van der Waals surface area contributed by atoms with E-state index in [9.17, 15) is 4.79 Å². The highest BCUT2D eigenvalue weighted by molar-refractivity contribution is 5.78. The topological polar surface area (TPSA) is 55.1 Å². The lowest BCUT2D eigenvalue weighted by molar-refractivity contribution is -0.126. The number of hydrogen-bond acceptors (Lipinski definition) is 2. The van der Waals surface area contributed by atoms with E-state index >= 15 is 0 Å². The van der Waals surface area contributed by atoms with Crippen molar-refractivity contribution in [3.63, 3.8) is 0 Å². The molecule has 86 valence electrons. The molecule has 3 N–H and O–H groups in total. The zero-order chi connectivity index (χ0) is 10.9. The molecule has 2 aliphatic rings. The summed E-state index contributed by atoms with van der Waals surface area (Å²) in [7, 11) is 0. The molecule has 0 aromatic carbocycles. The quantitative estimate of drug-likeness (QED) is 0.740. The third-order valence-electron chi connectivity index (χ3n) is 3.94. The highest BCUT2D eigenvalue weighted by Gasteiger charge is 2.37. The minimum atomic E-state index is 0.229. The van der Waals surface area contributed by atoms with Gasteiger partial charge < -0.3 is 11.1 Å². The third-order valence-corrected chi connectivity index (χ3v) is 3.94. The molecule has 2 fully saturated rings. The second kappa shape index (κ2) is 4.12. The molecule has 0 unspecified atom stereocenters. The van der Waals surface area contributed by atoms with Crippen molar-refractivity contribution in [1.29, 1.82) is 0 Å². The second-order valence-electron chi connectivity index (χ2n) is 5.64. The molecule has 0 bridgehead atoms. The molecular weight excluding hydrogens is 188 g/mol. The third kappa shape index (κ3) is 2.94. The van der Waals surface area contributed by atoms with Crippen molar-refractivity contribution in [3.05, 3.63) is 0 Å². The van der Waals surface area contributed by atoms with Crippen molar-refractivity contribution in [3.8, 4) is 0 Å². The van der Waals surface area contributed by atoms with Crippen LogP contribution in [0.5, 0.6) is 0 Å². The van der Waals surface area contributed by atoms with E-state index in [1.54, 1.807) is 0 Å². The summed E-state index contributed by atoms with van der Waals surface area (Å²) in [5, 5.41) is 3.09. The van der Waals surface area contributed by atoms with Crippen LogP contribution in [-0.4, -0.2) is 18.5 Å². The van der Waals surface area contributed by atoms with Crippen LogP contribution in [0, 0.1) is 11.3 Å². The van der Waals surface area contributed by atoms with Crippen LogP contribution in [0.15, 0.2) is 0 Å². The van der Waals surface area contributed by atoms with E-state index in [1.165, 1.54) is 12.8 Å². The van der Waals surface area contributed by atoms with Gasteiger partial charge in [-0.3, -0.25) is 4.79 Å². The van der Waals surface area contributed by atoms with E-state index < -0.39 is 0 Å². The van der Waals surface area contributed by atoms with E-state index in [0.717, 1.165) is 32.2 Å². The van der Waals surface area contributed by atoms with Crippen LogP contribution >= 0.6 is 0 Å². The monoisotopic (exact) mass is 210 g/mol. The van der Waals surface area contributed by atoms with Gasteiger partial charge in [-0.05, 0) is 43.9 Å². The Kier molecular flexibility index (Phi) is 3.01. The van der Waals surface area contributed by atoms with E-state index in [4.69, 9.17) is 5.73 Å². The molecule has 0 aliphatic heterocycles. The Bertz CT molecular complexity index is 240. The van der Waals surface area contributed by atoms with E-state index in [2.05, 4.69) is 12.2 Å². The molecule has 2 saturated carbocycles. The van der Waals surface area contributed by atoms with Crippen molar-refractivity contribution in [2.75, 3.05) is 6.54 Å². The summed E-state index contributed by atoms with van der Waals surface area (Å²) >= 11 is 0. The maximum atomic E-state index is 11.8. The average molecular weight is 210 g/mol. The predicted octanol–water partition coefficient (Wildman–Crippen LogP) is 1.42. The first-order chi connectivity index (χ1) is 7.09. The van der Waals surface area contributed by atoms with Gasteiger partial charge >= 0.3 is 0 Å². The fourth-order valence-corrected chi connectivity index (χ4v) is 2.22. The summed E-state index contributed by atoms with van der Waals surface area (Å²) in [6.45, 7) is 3.11. The van der Waals surface area contributed by atoms with Gasteiger partial charge in [-0.2, -0.15) is 0 Å². The van der Waals surface area contributed by atoms with Gasteiger partial charge in [-0.1, -0.05) is 6.92 Å². The first-order valence-electron chi connectivity index (χ1n) is 6.12. The average Bonchev–Trinajstić information content (AvgIpc) is 2.95. The SMILES string of the molecule is CC1(CNC(=O)C2CCC(N)CC2)CC1. The molecule has 0 aromatic rings. The van der Waals surface area contributed by atoms with E-state index in [1.807, 2.05) is 0 Å². The van der Waals surface area contributed by atoms with Crippen LogP contribution in [0.2, 0.25) is 0 Å². The molecule has 0 atom stereocenters. The van der Waals surface area contributed by atoms with Crippen LogP contribution in [0.1, 0.15) is 45.4 Å². The Labute approximate surface area is 91.8 Å². The maximum Gasteiger partial charge on any atom is 0.223 e. The predicted molar refractivity (Wildman–Crippen MR) is 60.3 cm³/mol. The van der Waals surface area contributed by atoms with Crippen LogP contribution in [0.3, 0.4) is 0 Å². The van der Waals surface area contributed by atoms with Gasteiger partial charge in [0, 0.05) is 18.5 Å². The van der Waals surface area contributed by atoms with Crippen molar-refractivity contribution in [2.45, 2.75) is 51.5 Å². The Morgan fingerprint density at radius 3 is 2.47 bits per heavy atom. The highest BCUT2D eigenvalue weighted by atomic mass is 16.1. The molecule has 0 heterocycles. The minimum Gasteiger partial charge on any atom is -0.355 e. The minimum absolute atomic E-state index is 0.229. The zero-order valence-electron chi connectivity index (χ0n) is 9.59. The van der Waals surface area contributed by atoms with Crippen LogP contribution < -0.4 is 11.1 Å². The second-order valence-corrected chi connectivity index (χ2v) is 5.64. The molecule has 3 nitrogen and oxygen atoms in total. The standard InChI is InChI=1S/C12H22N2O/c1-12(6-7-12)8-14-11(15)9-2-4-10(13)5-3-9/h9-10H,2-8,13H2,1H3,(H,14,15). The fraction of sp³-hybridized carbons (Fsp3) is 0.917. The Morgan fingerprint density at radius 1 is 1.33 bits per heavy atom. The number of nitrogens with two attached hydrogens (primary N) is 1. The number of amides is 1. The molecule has 0 aromatic heterocycles. The van der Waals surface area contributed by atoms with Gasteiger partial charge in [0.1, 0.15) is 0 Å². The van der Waals surface area contributed by atoms with Gasteiger partial charge in [0.05, 0.1) is 0 Å². The summed E-state index contributed by atoms with van der Waals surface area (Å²) < 4.78 is 0. The van der Waals surface area contributed by atoms with E-state index in [0.29, 0.717) is 11.5 Å². The summed E-state index contributed by atoms with van der Waals surface area (Å²) in [5.41, 5.74) is 6.24. The number of nitrogens with one attached hydrogen (secondary N) is 1.